The number of nitrogens with zero attached hydrogens (tertiary/aromatic N) is 5. The summed E-state index contributed by atoms with van der Waals surface area (Å²) in [6, 6.07) is 4.14. The molecule has 0 bridgehead atoms. The lowest BCUT2D eigenvalue weighted by Crippen LogP contribution is -2.52. The van der Waals surface area contributed by atoms with Crippen molar-refractivity contribution in [3.05, 3.63) is 48.8 Å². The molecule has 0 unspecified atom stereocenters. The third kappa shape index (κ3) is 4.92. The zero-order chi connectivity index (χ0) is 24.7. The van der Waals surface area contributed by atoms with E-state index in [9.17, 15) is 26.7 Å². The molecule has 0 saturated carbocycles. The van der Waals surface area contributed by atoms with Crippen molar-refractivity contribution in [1.82, 2.24) is 19.5 Å². The molecular formula is C21H20F5N7O. The lowest BCUT2D eigenvalue weighted by molar-refractivity contribution is -0.138. The molecule has 1 aromatic carbocycles. The first-order chi connectivity index (χ1) is 15.9. The van der Waals surface area contributed by atoms with E-state index in [0.717, 1.165) is 6.08 Å². The van der Waals surface area contributed by atoms with E-state index in [4.69, 9.17) is 0 Å². The van der Waals surface area contributed by atoms with Crippen molar-refractivity contribution in [2.45, 2.75) is 24.6 Å². The number of alkyl halides is 5. The van der Waals surface area contributed by atoms with Crippen LogP contribution in [0.2, 0.25) is 0 Å². The number of carbonyl (C=O) groups excluding carboxylic acids is 1. The molecule has 1 aliphatic heterocycles. The van der Waals surface area contributed by atoms with Crippen LogP contribution in [0.5, 0.6) is 0 Å². The number of hydrogen-bond donors (Lipinski definition) is 2. The highest BCUT2D eigenvalue weighted by atomic mass is 19.4. The van der Waals surface area contributed by atoms with Gasteiger partial charge in [0.05, 0.1) is 29.2 Å². The number of fused-ring (bicyclic) bond motifs is 1. The smallest absolute Gasteiger partial charge is 0.349 e. The summed E-state index contributed by atoms with van der Waals surface area (Å²) in [5.74, 6) is -3.39. The number of imidazole rings is 1. The molecule has 1 atom stereocenters. The van der Waals surface area contributed by atoms with Gasteiger partial charge in [-0.05, 0) is 24.3 Å². The fraction of sp³-hybridized carbons (Fsp3) is 0.333. The summed E-state index contributed by atoms with van der Waals surface area (Å²) in [7, 11) is 1.68. The van der Waals surface area contributed by atoms with Crippen molar-refractivity contribution in [3.63, 3.8) is 0 Å². The molecule has 34 heavy (non-hydrogen) atoms. The van der Waals surface area contributed by atoms with E-state index in [1.165, 1.54) is 4.90 Å². The zero-order valence-corrected chi connectivity index (χ0v) is 17.9. The quantitative estimate of drug-likeness (QED) is 0.426. The van der Waals surface area contributed by atoms with Crippen molar-refractivity contribution < 1.29 is 26.7 Å². The maximum atomic E-state index is 14.6. The summed E-state index contributed by atoms with van der Waals surface area (Å²) in [5.41, 5.74) is 0.599. The topological polar surface area (TPSA) is 88.0 Å². The van der Waals surface area contributed by atoms with E-state index in [0.29, 0.717) is 29.1 Å². The Hall–Kier alpha value is -3.77. The Bertz CT molecular complexity index is 1220. The Labute approximate surface area is 190 Å². The fourth-order valence-corrected chi connectivity index (χ4v) is 3.82. The average Bonchev–Trinajstić information content (AvgIpc) is 3.08. The number of aryl methyl sites for hydroxylation is 1. The minimum absolute atomic E-state index is 0.0944. The molecule has 1 aliphatic rings. The van der Waals surface area contributed by atoms with Gasteiger partial charge in [-0.3, -0.25) is 4.79 Å². The largest absolute Gasteiger partial charge is 0.419 e. The lowest BCUT2D eigenvalue weighted by Gasteiger charge is -2.38. The van der Waals surface area contributed by atoms with E-state index in [-0.39, 0.29) is 18.4 Å². The minimum Gasteiger partial charge on any atom is -0.349 e. The van der Waals surface area contributed by atoms with Crippen LogP contribution in [0, 0.1) is 0 Å². The van der Waals surface area contributed by atoms with Crippen LogP contribution in [0.15, 0.2) is 43.2 Å². The van der Waals surface area contributed by atoms with Crippen LogP contribution < -0.4 is 15.5 Å². The van der Waals surface area contributed by atoms with Gasteiger partial charge in [-0.1, -0.05) is 6.58 Å². The summed E-state index contributed by atoms with van der Waals surface area (Å²) < 4.78 is 68.9. The lowest BCUT2D eigenvalue weighted by atomic mass is 10.0. The maximum Gasteiger partial charge on any atom is 0.419 e. The van der Waals surface area contributed by atoms with Gasteiger partial charge < -0.3 is 20.1 Å². The van der Waals surface area contributed by atoms with E-state index < -0.39 is 42.6 Å². The van der Waals surface area contributed by atoms with Gasteiger partial charge in [0.15, 0.2) is 0 Å². The maximum absolute atomic E-state index is 14.6. The minimum atomic E-state index is -4.60. The first kappa shape index (κ1) is 23.4. The van der Waals surface area contributed by atoms with Crippen molar-refractivity contribution >= 4 is 34.5 Å². The molecule has 1 saturated heterocycles. The van der Waals surface area contributed by atoms with Gasteiger partial charge in [-0.15, -0.1) is 0 Å². The second-order valence-electron chi connectivity index (χ2n) is 7.94. The molecule has 3 heterocycles. The summed E-state index contributed by atoms with van der Waals surface area (Å²) in [4.78, 5) is 24.6. The number of rotatable bonds is 5. The zero-order valence-electron chi connectivity index (χ0n) is 17.9. The molecule has 0 radical (unpaired) electrons. The molecule has 0 spiro atoms. The summed E-state index contributed by atoms with van der Waals surface area (Å²) >= 11 is 0. The van der Waals surface area contributed by atoms with Gasteiger partial charge in [-0.25, -0.2) is 23.7 Å². The van der Waals surface area contributed by atoms with E-state index in [1.807, 2.05) is 0 Å². The number of aromatic nitrogens is 4. The Morgan fingerprint density at radius 1 is 1.26 bits per heavy atom. The molecule has 3 aromatic rings. The fourth-order valence-electron chi connectivity index (χ4n) is 3.82. The van der Waals surface area contributed by atoms with E-state index in [1.54, 1.807) is 29.8 Å². The van der Waals surface area contributed by atoms with Gasteiger partial charge in [-0.2, -0.15) is 13.2 Å². The van der Waals surface area contributed by atoms with Crippen LogP contribution in [0.3, 0.4) is 0 Å². The first-order valence-electron chi connectivity index (χ1n) is 10.1. The molecule has 1 amide bonds. The van der Waals surface area contributed by atoms with Gasteiger partial charge in [0.2, 0.25) is 17.8 Å². The predicted molar refractivity (Wildman–Crippen MR) is 116 cm³/mol. The number of anilines is 3. The monoisotopic (exact) mass is 481 g/mol. The third-order valence-corrected chi connectivity index (χ3v) is 5.31. The summed E-state index contributed by atoms with van der Waals surface area (Å²) in [6.45, 7) is 2.90. The Morgan fingerprint density at radius 2 is 1.97 bits per heavy atom. The van der Waals surface area contributed by atoms with Gasteiger partial charge in [0.1, 0.15) is 0 Å². The first-order valence-corrected chi connectivity index (χ1v) is 10.1. The number of halogens is 5. The summed E-state index contributed by atoms with van der Waals surface area (Å²) in [6.07, 6.45) is -2.82. The molecule has 1 fully saturated rings. The molecule has 13 heteroatoms. The number of nitrogens with one attached hydrogen (secondary N) is 2. The van der Waals surface area contributed by atoms with Crippen LogP contribution in [-0.4, -0.2) is 50.5 Å². The molecule has 4 rings (SSSR count). The number of piperidine rings is 1. The highest BCUT2D eigenvalue weighted by Crippen LogP contribution is 2.33. The van der Waals surface area contributed by atoms with Crippen LogP contribution >= 0.6 is 0 Å². The van der Waals surface area contributed by atoms with Gasteiger partial charge in [0, 0.05) is 38.1 Å². The van der Waals surface area contributed by atoms with E-state index >= 15 is 0 Å². The molecule has 2 N–H and O–H groups in total. The number of benzene rings is 1. The molecule has 0 aliphatic carbocycles. The van der Waals surface area contributed by atoms with Gasteiger partial charge in [0.25, 0.3) is 5.92 Å². The van der Waals surface area contributed by atoms with Crippen molar-refractivity contribution in [2.75, 3.05) is 28.6 Å². The average molecular weight is 481 g/mol. The molecule has 180 valence electrons. The Morgan fingerprint density at radius 3 is 2.62 bits per heavy atom. The van der Waals surface area contributed by atoms with E-state index in [2.05, 4.69) is 32.2 Å². The normalized spacial score (nSPS) is 18.1. The Kier molecular flexibility index (Phi) is 5.87. The second-order valence-corrected chi connectivity index (χ2v) is 7.94. The van der Waals surface area contributed by atoms with Gasteiger partial charge >= 0.3 is 6.18 Å². The number of carbonyl (C=O) groups is 1. The van der Waals surface area contributed by atoms with Crippen molar-refractivity contribution in [1.29, 1.82) is 0 Å². The highest BCUT2D eigenvalue weighted by molar-refractivity contribution is 6.00. The summed E-state index contributed by atoms with van der Waals surface area (Å²) in [5, 5.41) is 5.32. The standard InChI is InChI=1S/C21H20F5N7O/c1-3-17(34)29-13-4-5-16-15(6-13)31-19(32(16)2)33-10-14(7-20(22,23)11-33)30-18-27-8-12(9-28-18)21(24,25)26/h3-6,8-9,14H,1,7,10-11H2,2H3,(H,29,34)(H,27,28,30)/t14-/m1/s1. The van der Waals surface area contributed by atoms with Crippen LogP contribution in [-0.2, 0) is 18.0 Å². The second kappa shape index (κ2) is 8.54. The number of hydrogen-bond acceptors (Lipinski definition) is 6. The molecule has 2 aromatic heterocycles. The van der Waals surface area contributed by atoms with Crippen molar-refractivity contribution in [2.24, 2.45) is 7.05 Å². The Balaban J connectivity index is 1.57. The predicted octanol–water partition coefficient (Wildman–Crippen LogP) is 3.83. The number of amides is 1. The highest BCUT2D eigenvalue weighted by Gasteiger charge is 2.42. The molecule has 8 nitrogen and oxygen atoms in total. The SMILES string of the molecule is C=CC(=O)Nc1ccc2c(c1)nc(N1C[C@H](Nc3ncc(C(F)(F)F)cn3)CC(F)(F)C1)n2C. The van der Waals surface area contributed by atoms with Crippen LogP contribution in [0.25, 0.3) is 11.0 Å². The molecular weight excluding hydrogens is 461 g/mol. The van der Waals surface area contributed by atoms with Crippen LogP contribution in [0.4, 0.5) is 39.5 Å². The van der Waals surface area contributed by atoms with Crippen molar-refractivity contribution in [3.8, 4) is 0 Å². The van der Waals surface area contributed by atoms with Crippen LogP contribution in [0.1, 0.15) is 12.0 Å². The third-order valence-electron chi connectivity index (χ3n) is 5.31.